The Bertz CT molecular complexity index is 4940. The molecule has 5 atom stereocenters. The third kappa shape index (κ3) is 29.4. The quantitative estimate of drug-likeness (QED) is 0.0341. The minimum Gasteiger partial charge on any atom is -0.462 e. The first kappa shape index (κ1) is 97.0. The van der Waals surface area contributed by atoms with Crippen LogP contribution in [0.15, 0.2) is 186 Å². The van der Waals surface area contributed by atoms with Crippen LogP contribution >= 0.6 is 34.0 Å². The number of nitrogen functional groups attached to an aromatic ring is 1. The number of carbonyl (C=O) groups is 11. The van der Waals surface area contributed by atoms with E-state index < -0.39 is 53.5 Å². The standard InChI is InChI=1S/2C27H27FN2O5S.C20H24N2O4S.C15H19NO3.C7H13NO/c2*1-2-34-26(32)23-22(17-36-25(23)29-24(31)19-10-6-12-21(28)14-19)20-11-7-13-30(15-20)27(33)35-16-18-8-4-3-5-9-18;1-2-25-19(23)17-16(13-27-18(17)21)15-9-6-10-22(11-15)20(24)26-12-14-7-4-3-5-8-14;1-12(17)14-8-5-9-16(10-14)15(18)19-11-13-6-3-2-4-7-13;1-6(9)7-3-2-4-8-5-7/h2*3-6,8-10,12,14,17,20H,2,7,11,13,15-16H2,1H3,(H,29,31);3-5,7-8,13,15H,2,6,9-12,21H2,1H3;2-4,6-7,14H,5,8-11H2,1H3;7-8H,2-5H2,1H3. The number of nitrogens with two attached hydrogens (primary N) is 1. The highest BCUT2D eigenvalue weighted by molar-refractivity contribution is 7.15. The van der Waals surface area contributed by atoms with Crippen LogP contribution in [0.25, 0.3) is 0 Å². The molecule has 0 saturated carbocycles. The lowest BCUT2D eigenvalue weighted by Gasteiger charge is -2.32. The summed E-state index contributed by atoms with van der Waals surface area (Å²) in [5, 5.41) is 15.3. The van der Waals surface area contributed by atoms with Crippen molar-refractivity contribution in [1.82, 2.24) is 24.9 Å². The second-order valence-corrected chi connectivity index (χ2v) is 33.5. The Balaban J connectivity index is 0.000000174. The maximum absolute atomic E-state index is 13.6. The lowest BCUT2D eigenvalue weighted by atomic mass is 9.90. The molecule has 127 heavy (non-hydrogen) atoms. The van der Waals surface area contributed by atoms with Crippen LogP contribution in [0.1, 0.15) is 207 Å². The Hall–Kier alpha value is -12.2. The summed E-state index contributed by atoms with van der Waals surface area (Å²) in [6.07, 6.45) is 7.28. The Morgan fingerprint density at radius 3 is 1.04 bits per heavy atom. The maximum atomic E-state index is 13.6. The highest BCUT2D eigenvalue weighted by atomic mass is 32.1. The van der Waals surface area contributed by atoms with Gasteiger partial charge in [0, 0.05) is 99.6 Å². The minimum atomic E-state index is -0.549. The van der Waals surface area contributed by atoms with Crippen molar-refractivity contribution in [1.29, 1.82) is 0 Å². The van der Waals surface area contributed by atoms with Gasteiger partial charge < -0.3 is 74.4 Å². The summed E-state index contributed by atoms with van der Waals surface area (Å²) in [7, 11) is 0. The van der Waals surface area contributed by atoms with E-state index in [9.17, 15) is 61.5 Å². The summed E-state index contributed by atoms with van der Waals surface area (Å²) < 4.78 is 64.6. The lowest BCUT2D eigenvalue weighted by Crippen LogP contribution is -2.42. The van der Waals surface area contributed by atoms with Crippen LogP contribution < -0.4 is 21.7 Å². The van der Waals surface area contributed by atoms with Gasteiger partial charge in [-0.2, -0.15) is 0 Å². The summed E-state index contributed by atoms with van der Waals surface area (Å²) in [4.78, 5) is 142. The number of carbonyl (C=O) groups excluding carboxylic acids is 11. The first-order valence-corrected chi connectivity index (χ1v) is 45.4. The molecule has 5 fully saturated rings. The molecule has 0 aliphatic carbocycles. The SMILES string of the molecule is CC(=O)C1CCCN(C(=O)OCc2ccccc2)C1.CC(=O)C1CCCNC1.CCOC(=O)c1c(C2CCCN(C(=O)OCc3ccccc3)C2)csc1N.CCOC(=O)c1c(C2CCCN(C(=O)OCc3ccccc3)C2)csc1NC(=O)c1cccc(F)c1.CCOC(=O)c1c(C2CCCN(C(=O)OCc3ccccc3)C2)csc1NC(=O)c1cccc(F)c1. The topological polar surface area (TPSA) is 327 Å². The van der Waals surface area contributed by atoms with Crippen molar-refractivity contribution in [2.45, 2.75) is 143 Å². The van der Waals surface area contributed by atoms with E-state index in [0.29, 0.717) is 102 Å². The summed E-state index contributed by atoms with van der Waals surface area (Å²) in [5.41, 5.74) is 13.3. The predicted octanol–water partition coefficient (Wildman–Crippen LogP) is 18.9. The zero-order valence-electron chi connectivity index (χ0n) is 72.1. The second-order valence-electron chi connectivity index (χ2n) is 30.9. The average molecular weight is 1800 g/mol. The van der Waals surface area contributed by atoms with Crippen LogP contribution in [-0.2, 0) is 69.2 Å². The van der Waals surface area contributed by atoms with Crippen molar-refractivity contribution in [3.63, 3.8) is 0 Å². The fourth-order valence-electron chi connectivity index (χ4n) is 15.2. The Morgan fingerprint density at radius 2 is 0.717 bits per heavy atom. The Morgan fingerprint density at radius 1 is 0.394 bits per heavy atom. The van der Waals surface area contributed by atoms with Gasteiger partial charge in [-0.1, -0.05) is 133 Å². The molecule has 0 radical (unpaired) electrons. The molecular weight excluding hydrogens is 1690 g/mol. The van der Waals surface area contributed by atoms with Crippen molar-refractivity contribution in [2.75, 3.05) is 102 Å². The molecule has 5 N–H and O–H groups in total. The van der Waals surface area contributed by atoms with Crippen molar-refractivity contribution >= 4 is 115 Å². The van der Waals surface area contributed by atoms with Gasteiger partial charge in [0.15, 0.2) is 0 Å². The molecule has 5 saturated heterocycles. The number of thiophene rings is 3. The maximum Gasteiger partial charge on any atom is 0.410 e. The highest BCUT2D eigenvalue weighted by Crippen LogP contribution is 2.42. The smallest absolute Gasteiger partial charge is 0.410 e. The largest absolute Gasteiger partial charge is 0.462 e. The number of Topliss-reactive ketones (excluding diaryl/α,β-unsaturated/α-hetero) is 2. The van der Waals surface area contributed by atoms with Crippen LogP contribution in [-0.4, -0.2) is 171 Å². The number of ketones is 2. The average Bonchev–Trinajstić information content (AvgIpc) is 1.76. The first-order chi connectivity index (χ1) is 61.5. The highest BCUT2D eigenvalue weighted by Gasteiger charge is 2.36. The lowest BCUT2D eigenvalue weighted by molar-refractivity contribution is -0.122. The van der Waals surface area contributed by atoms with Crippen molar-refractivity contribution in [2.24, 2.45) is 11.8 Å². The van der Waals surface area contributed by atoms with Crippen LogP contribution in [0, 0.1) is 23.5 Å². The van der Waals surface area contributed by atoms with Crippen LogP contribution in [0.2, 0.25) is 0 Å². The van der Waals surface area contributed by atoms with E-state index in [2.05, 4.69) is 16.0 Å². The van der Waals surface area contributed by atoms with E-state index in [1.54, 1.807) is 54.2 Å². The molecule has 9 aromatic rings. The van der Waals surface area contributed by atoms with E-state index in [4.69, 9.17) is 38.9 Å². The minimum absolute atomic E-state index is 0.0296. The summed E-state index contributed by atoms with van der Waals surface area (Å²) in [6, 6.07) is 48.8. The fraction of sp³-hybridized carbons (Fsp3) is 0.385. The van der Waals surface area contributed by atoms with Gasteiger partial charge in [-0.15, -0.1) is 34.0 Å². The van der Waals surface area contributed by atoms with Gasteiger partial charge in [0.25, 0.3) is 11.8 Å². The van der Waals surface area contributed by atoms with Gasteiger partial charge in [-0.3, -0.25) is 19.2 Å². The number of amides is 6. The van der Waals surface area contributed by atoms with E-state index in [1.807, 2.05) is 137 Å². The Kier molecular flexibility index (Phi) is 38.4. The second kappa shape index (κ2) is 50.2. The number of rotatable bonds is 23. The molecule has 0 bridgehead atoms. The van der Waals surface area contributed by atoms with Crippen molar-refractivity contribution in [3.8, 4) is 0 Å². The molecule has 5 aliphatic heterocycles. The monoisotopic (exact) mass is 1800 g/mol. The van der Waals surface area contributed by atoms with Gasteiger partial charge in [-0.05, 0) is 197 Å². The number of benzene rings is 6. The molecule has 674 valence electrons. The summed E-state index contributed by atoms with van der Waals surface area (Å²) in [5.74, 6) is -3.03. The number of anilines is 3. The molecule has 6 aromatic carbocycles. The van der Waals surface area contributed by atoms with Gasteiger partial charge in [-0.25, -0.2) is 42.3 Å². The van der Waals surface area contributed by atoms with Crippen LogP contribution in [0.3, 0.4) is 0 Å². The normalized spacial score (nSPS) is 17.0. The van der Waals surface area contributed by atoms with Crippen LogP contribution in [0.5, 0.6) is 0 Å². The number of piperidine rings is 5. The zero-order chi connectivity index (χ0) is 90.6. The van der Waals surface area contributed by atoms with E-state index in [1.165, 1.54) is 70.4 Å². The van der Waals surface area contributed by atoms with Gasteiger partial charge in [0.2, 0.25) is 0 Å². The molecule has 3 aromatic heterocycles. The van der Waals surface area contributed by atoms with E-state index >= 15 is 0 Å². The predicted molar refractivity (Wildman–Crippen MR) is 482 cm³/mol. The van der Waals surface area contributed by atoms with Gasteiger partial charge >= 0.3 is 42.3 Å². The third-order valence-corrected chi connectivity index (χ3v) is 24.5. The van der Waals surface area contributed by atoms with Crippen molar-refractivity contribution < 1.29 is 94.7 Å². The number of halogens is 2. The molecule has 5 unspecified atom stereocenters. The first-order valence-electron chi connectivity index (χ1n) is 42.8. The molecule has 8 heterocycles. The fourth-order valence-corrected chi connectivity index (χ4v) is 18.1. The third-order valence-electron chi connectivity index (χ3n) is 21.9. The molecule has 26 nitrogen and oxygen atoms in total. The molecule has 14 rings (SSSR count). The number of nitrogens with one attached hydrogen (secondary N) is 3. The van der Waals surface area contributed by atoms with E-state index in [-0.39, 0.29) is 104 Å². The van der Waals surface area contributed by atoms with Crippen LogP contribution in [0.4, 0.5) is 43.0 Å². The molecule has 31 heteroatoms. The number of ether oxygens (including phenoxy) is 7. The molecule has 6 amide bonds. The van der Waals surface area contributed by atoms with Gasteiger partial charge in [0.1, 0.15) is 64.6 Å². The van der Waals surface area contributed by atoms with Gasteiger partial charge in [0.05, 0.1) is 36.5 Å². The summed E-state index contributed by atoms with van der Waals surface area (Å²) >= 11 is 3.75. The Labute approximate surface area is 750 Å². The summed E-state index contributed by atoms with van der Waals surface area (Å²) in [6.45, 7) is 16.2. The number of likely N-dealkylation sites (tertiary alicyclic amines) is 4. The number of nitrogens with zero attached hydrogens (tertiary/aromatic N) is 4. The zero-order valence-corrected chi connectivity index (χ0v) is 74.5. The molecule has 0 spiro atoms. The van der Waals surface area contributed by atoms with Crippen molar-refractivity contribution in [3.05, 3.63) is 264 Å². The number of hydrogen-bond donors (Lipinski definition) is 4. The molecule has 5 aliphatic rings. The number of hydrogen-bond acceptors (Lipinski definition) is 23. The number of esters is 3. The van der Waals surface area contributed by atoms with E-state index in [0.717, 1.165) is 117 Å². The molecular formula is C96H110F2N8O18S3.